The van der Waals surface area contributed by atoms with E-state index in [4.69, 9.17) is 8.92 Å². The molecule has 5 heteroatoms. The zero-order valence-corrected chi connectivity index (χ0v) is 14.5. The first-order valence-corrected chi connectivity index (χ1v) is 9.23. The molecular formula is C19H20O4S. The largest absolute Gasteiger partial charge is 0.379 e. The molecule has 4 nitrogen and oxygen atoms in total. The Morgan fingerprint density at radius 2 is 1.67 bits per heavy atom. The summed E-state index contributed by atoms with van der Waals surface area (Å²) in [6.07, 6.45) is 2.93. The lowest BCUT2D eigenvalue weighted by Crippen LogP contribution is -2.11. The van der Waals surface area contributed by atoms with Crippen LogP contribution in [0.2, 0.25) is 0 Å². The van der Waals surface area contributed by atoms with Gasteiger partial charge in [0.1, 0.15) is 10.6 Å². The Morgan fingerprint density at radius 3 is 2.29 bits per heavy atom. The molecule has 0 bridgehead atoms. The summed E-state index contributed by atoms with van der Waals surface area (Å²) in [4.78, 5) is 0.147. The van der Waals surface area contributed by atoms with Gasteiger partial charge in [0.25, 0.3) is 0 Å². The predicted octanol–water partition coefficient (Wildman–Crippen LogP) is 4.17. The molecule has 0 N–H and O–H groups in total. The minimum atomic E-state index is -3.82. The van der Waals surface area contributed by atoms with Gasteiger partial charge in [-0.05, 0) is 50.1 Å². The third-order valence-corrected chi connectivity index (χ3v) is 5.27. The van der Waals surface area contributed by atoms with E-state index in [0.717, 1.165) is 17.5 Å². The van der Waals surface area contributed by atoms with Crippen LogP contribution in [0.5, 0.6) is 5.75 Å². The van der Waals surface area contributed by atoms with Crippen molar-refractivity contribution < 1.29 is 17.3 Å². The Hall–Kier alpha value is -2.11. The van der Waals surface area contributed by atoms with Crippen molar-refractivity contribution in [2.24, 2.45) is 0 Å². The fourth-order valence-corrected chi connectivity index (χ4v) is 3.50. The summed E-state index contributed by atoms with van der Waals surface area (Å²) < 4.78 is 35.5. The SMILES string of the molecule is CC1=CCO[C@@H](c2ccc(OS(=O)(=O)c3ccc(C)cc3)cc2)C1. The van der Waals surface area contributed by atoms with Crippen molar-refractivity contribution >= 4 is 10.1 Å². The first-order valence-electron chi connectivity index (χ1n) is 7.82. The molecule has 0 aliphatic carbocycles. The van der Waals surface area contributed by atoms with Crippen LogP contribution in [-0.4, -0.2) is 15.0 Å². The molecule has 24 heavy (non-hydrogen) atoms. The number of ether oxygens (including phenoxy) is 1. The van der Waals surface area contributed by atoms with E-state index >= 15 is 0 Å². The molecule has 0 amide bonds. The smallest absolute Gasteiger partial charge is 0.339 e. The van der Waals surface area contributed by atoms with Crippen LogP contribution < -0.4 is 4.18 Å². The minimum Gasteiger partial charge on any atom is -0.379 e. The van der Waals surface area contributed by atoms with E-state index in [1.807, 2.05) is 19.1 Å². The van der Waals surface area contributed by atoms with E-state index in [2.05, 4.69) is 13.0 Å². The predicted molar refractivity (Wildman–Crippen MR) is 92.5 cm³/mol. The van der Waals surface area contributed by atoms with Gasteiger partial charge in [0.2, 0.25) is 0 Å². The van der Waals surface area contributed by atoms with Crippen molar-refractivity contribution in [2.45, 2.75) is 31.3 Å². The maximum Gasteiger partial charge on any atom is 0.339 e. The first kappa shape index (κ1) is 16.7. The van der Waals surface area contributed by atoms with Gasteiger partial charge in [-0.1, -0.05) is 41.5 Å². The summed E-state index contributed by atoms with van der Waals surface area (Å²) in [5.41, 5.74) is 3.31. The summed E-state index contributed by atoms with van der Waals surface area (Å²) in [5, 5.41) is 0. The molecule has 0 fully saturated rings. The number of rotatable bonds is 4. The summed E-state index contributed by atoms with van der Waals surface area (Å²) in [5.74, 6) is 0.294. The van der Waals surface area contributed by atoms with Gasteiger partial charge in [-0.25, -0.2) is 0 Å². The topological polar surface area (TPSA) is 52.6 Å². The normalized spacial score (nSPS) is 18.1. The molecule has 0 saturated heterocycles. The molecule has 1 aliphatic heterocycles. The van der Waals surface area contributed by atoms with Crippen molar-refractivity contribution in [2.75, 3.05) is 6.61 Å². The summed E-state index contributed by atoms with van der Waals surface area (Å²) >= 11 is 0. The number of hydrogen-bond donors (Lipinski definition) is 0. The Morgan fingerprint density at radius 1 is 1.00 bits per heavy atom. The van der Waals surface area contributed by atoms with Crippen molar-refractivity contribution in [1.82, 2.24) is 0 Å². The van der Waals surface area contributed by atoms with E-state index in [9.17, 15) is 8.42 Å². The quantitative estimate of drug-likeness (QED) is 0.617. The second-order valence-corrected chi connectivity index (χ2v) is 7.54. The first-order chi connectivity index (χ1) is 11.4. The standard InChI is InChI=1S/C19H20O4S/c1-14-3-9-18(10-4-14)24(20,21)23-17-7-5-16(6-8-17)19-13-15(2)11-12-22-19/h3-11,19H,12-13H2,1-2H3/t19-/m1/s1. The Labute approximate surface area is 142 Å². The molecule has 0 saturated carbocycles. The highest BCUT2D eigenvalue weighted by Crippen LogP contribution is 2.30. The molecule has 0 unspecified atom stereocenters. The van der Waals surface area contributed by atoms with Gasteiger partial charge in [0.15, 0.2) is 0 Å². The highest BCUT2D eigenvalue weighted by Gasteiger charge is 2.18. The summed E-state index contributed by atoms with van der Waals surface area (Å²) in [7, 11) is -3.82. The third-order valence-electron chi connectivity index (χ3n) is 4.00. The highest BCUT2D eigenvalue weighted by molar-refractivity contribution is 7.87. The van der Waals surface area contributed by atoms with Crippen LogP contribution in [0.1, 0.15) is 30.6 Å². The van der Waals surface area contributed by atoms with Gasteiger partial charge in [0, 0.05) is 0 Å². The number of aryl methyl sites for hydroxylation is 1. The lowest BCUT2D eigenvalue weighted by atomic mass is 10.0. The summed E-state index contributed by atoms with van der Waals surface area (Å²) in [6, 6.07) is 13.6. The average Bonchev–Trinajstić information content (AvgIpc) is 2.55. The average molecular weight is 344 g/mol. The van der Waals surface area contributed by atoms with Crippen LogP contribution >= 0.6 is 0 Å². The second-order valence-electron chi connectivity index (χ2n) is 6.00. The van der Waals surface area contributed by atoms with E-state index in [1.165, 1.54) is 5.57 Å². The van der Waals surface area contributed by atoms with Gasteiger partial charge in [-0.15, -0.1) is 0 Å². The van der Waals surface area contributed by atoms with Crippen molar-refractivity contribution in [1.29, 1.82) is 0 Å². The van der Waals surface area contributed by atoms with E-state index in [-0.39, 0.29) is 11.0 Å². The van der Waals surface area contributed by atoms with E-state index in [1.54, 1.807) is 36.4 Å². The van der Waals surface area contributed by atoms with Crippen LogP contribution in [0.4, 0.5) is 0 Å². The maximum atomic E-state index is 12.3. The zero-order chi connectivity index (χ0) is 17.2. The lowest BCUT2D eigenvalue weighted by molar-refractivity contribution is 0.0641. The maximum absolute atomic E-state index is 12.3. The monoisotopic (exact) mass is 344 g/mol. The summed E-state index contributed by atoms with van der Waals surface area (Å²) in [6.45, 7) is 4.60. The molecule has 2 aromatic rings. The molecule has 3 rings (SSSR count). The van der Waals surface area contributed by atoms with Crippen molar-refractivity contribution in [3.63, 3.8) is 0 Å². The Balaban J connectivity index is 1.74. The molecule has 2 aromatic carbocycles. The van der Waals surface area contributed by atoms with E-state index < -0.39 is 10.1 Å². The van der Waals surface area contributed by atoms with Gasteiger partial charge in [-0.3, -0.25) is 0 Å². The van der Waals surface area contributed by atoms with Crippen LogP contribution in [0.3, 0.4) is 0 Å². The molecule has 126 valence electrons. The molecule has 1 aliphatic rings. The second kappa shape index (κ2) is 6.79. The molecule has 0 aromatic heterocycles. The van der Waals surface area contributed by atoms with Crippen LogP contribution in [0, 0.1) is 6.92 Å². The molecule has 0 radical (unpaired) electrons. The fourth-order valence-electron chi connectivity index (χ4n) is 2.57. The molecule has 1 heterocycles. The molecular weight excluding hydrogens is 324 g/mol. The molecule has 0 spiro atoms. The fraction of sp³-hybridized carbons (Fsp3) is 0.263. The Bertz CT molecular complexity index is 834. The van der Waals surface area contributed by atoms with Gasteiger partial charge in [0.05, 0.1) is 12.7 Å². The Kier molecular flexibility index (Phi) is 4.73. The third kappa shape index (κ3) is 3.86. The van der Waals surface area contributed by atoms with E-state index in [0.29, 0.717) is 12.4 Å². The van der Waals surface area contributed by atoms with Crippen LogP contribution in [0.15, 0.2) is 65.1 Å². The number of hydrogen-bond acceptors (Lipinski definition) is 4. The lowest BCUT2D eigenvalue weighted by Gasteiger charge is -2.22. The van der Waals surface area contributed by atoms with Gasteiger partial charge >= 0.3 is 10.1 Å². The number of benzene rings is 2. The van der Waals surface area contributed by atoms with Gasteiger partial charge < -0.3 is 8.92 Å². The zero-order valence-electron chi connectivity index (χ0n) is 13.7. The van der Waals surface area contributed by atoms with Crippen LogP contribution in [-0.2, 0) is 14.9 Å². The van der Waals surface area contributed by atoms with Crippen molar-refractivity contribution in [3.05, 3.63) is 71.3 Å². The molecule has 1 atom stereocenters. The van der Waals surface area contributed by atoms with Crippen molar-refractivity contribution in [3.8, 4) is 5.75 Å². The minimum absolute atomic E-state index is 0.0118. The van der Waals surface area contributed by atoms with Crippen LogP contribution in [0.25, 0.3) is 0 Å². The highest BCUT2D eigenvalue weighted by atomic mass is 32.2. The van der Waals surface area contributed by atoms with Gasteiger partial charge in [-0.2, -0.15) is 8.42 Å².